The molecule has 0 spiro atoms. The first-order chi connectivity index (χ1) is 14.6. The molecule has 1 saturated heterocycles. The fourth-order valence-corrected chi connectivity index (χ4v) is 4.45. The first kappa shape index (κ1) is 20.9. The maximum absolute atomic E-state index is 13.0. The monoisotopic (exact) mass is 421 g/mol. The quantitative estimate of drug-likeness (QED) is 0.593. The summed E-state index contributed by atoms with van der Waals surface area (Å²) in [6, 6.07) is 13.2. The summed E-state index contributed by atoms with van der Waals surface area (Å²) in [5.74, 6) is 0.461. The minimum absolute atomic E-state index is 0.127. The smallest absolute Gasteiger partial charge is 0.185 e. The number of carbonyl (C=O) groups excluding carboxylic acids is 1. The molecule has 1 N–H and O–H groups in total. The normalized spacial score (nSPS) is 20.8. The van der Waals surface area contributed by atoms with Crippen LogP contribution in [0.1, 0.15) is 55.2 Å². The van der Waals surface area contributed by atoms with Gasteiger partial charge in [-0.15, -0.1) is 0 Å². The zero-order valence-corrected chi connectivity index (χ0v) is 18.0. The third-order valence-electron chi connectivity index (χ3n) is 5.97. The summed E-state index contributed by atoms with van der Waals surface area (Å²) in [4.78, 5) is 15.4. The first-order valence-electron chi connectivity index (χ1n) is 10.8. The number of aromatic hydroxyl groups is 1. The number of hydrogen-bond acceptors (Lipinski definition) is 3. The van der Waals surface area contributed by atoms with Crippen molar-refractivity contribution in [1.29, 1.82) is 0 Å². The van der Waals surface area contributed by atoms with E-state index in [-0.39, 0.29) is 5.78 Å². The number of ketones is 1. The molecule has 0 aromatic heterocycles. The van der Waals surface area contributed by atoms with Gasteiger partial charge in [0.1, 0.15) is 5.75 Å². The van der Waals surface area contributed by atoms with E-state index in [1.54, 1.807) is 6.07 Å². The van der Waals surface area contributed by atoms with E-state index in [2.05, 4.69) is 4.90 Å². The Morgan fingerprint density at radius 1 is 0.867 bits per heavy atom. The second kappa shape index (κ2) is 9.63. The number of phenols is 1. The second-order valence-corrected chi connectivity index (χ2v) is 8.73. The number of carbonyl (C=O) groups is 1. The van der Waals surface area contributed by atoms with Crippen LogP contribution in [-0.4, -0.2) is 28.9 Å². The molecular formula is C26H28ClNO2. The predicted octanol–water partition coefficient (Wildman–Crippen LogP) is 6.25. The first-order valence-corrected chi connectivity index (χ1v) is 11.2. The number of rotatable bonds is 4. The summed E-state index contributed by atoms with van der Waals surface area (Å²) >= 11 is 5.96. The molecule has 3 nitrogen and oxygen atoms in total. The highest BCUT2D eigenvalue weighted by Crippen LogP contribution is 2.30. The Balaban J connectivity index is 1.54. The van der Waals surface area contributed by atoms with Gasteiger partial charge in [-0.3, -0.25) is 9.69 Å². The van der Waals surface area contributed by atoms with E-state index in [9.17, 15) is 9.90 Å². The van der Waals surface area contributed by atoms with Crippen molar-refractivity contribution in [2.45, 2.75) is 45.1 Å². The molecule has 0 unspecified atom stereocenters. The molecule has 2 aliphatic rings. The highest BCUT2D eigenvalue weighted by Gasteiger charge is 2.21. The molecule has 30 heavy (non-hydrogen) atoms. The predicted molar refractivity (Wildman–Crippen MR) is 123 cm³/mol. The Labute approximate surface area is 183 Å². The van der Waals surface area contributed by atoms with Crippen LogP contribution in [0.3, 0.4) is 0 Å². The number of phenolic OH excluding ortho intramolecular Hbond substituents is 1. The Kier molecular flexibility index (Phi) is 6.71. The number of hydrogen-bond donors (Lipinski definition) is 1. The number of nitrogens with zero attached hydrogens (tertiary/aromatic N) is 1. The average Bonchev–Trinajstić information content (AvgIpc) is 2.76. The van der Waals surface area contributed by atoms with Crippen LogP contribution in [0.5, 0.6) is 5.75 Å². The minimum atomic E-state index is 0.127. The van der Waals surface area contributed by atoms with Gasteiger partial charge in [0.2, 0.25) is 0 Å². The van der Waals surface area contributed by atoms with Gasteiger partial charge in [0.25, 0.3) is 0 Å². The van der Waals surface area contributed by atoms with E-state index in [0.717, 1.165) is 66.7 Å². The van der Waals surface area contributed by atoms with Crippen LogP contribution >= 0.6 is 11.6 Å². The maximum atomic E-state index is 13.0. The molecule has 0 bridgehead atoms. The van der Waals surface area contributed by atoms with Crippen LogP contribution < -0.4 is 0 Å². The molecule has 1 aliphatic heterocycles. The van der Waals surface area contributed by atoms with E-state index in [0.29, 0.717) is 10.8 Å². The Morgan fingerprint density at radius 3 is 2.20 bits per heavy atom. The molecule has 2 aromatic rings. The third kappa shape index (κ3) is 5.21. The summed E-state index contributed by atoms with van der Waals surface area (Å²) in [6.07, 6.45) is 10.3. The zero-order valence-electron chi connectivity index (χ0n) is 17.2. The third-order valence-corrected chi connectivity index (χ3v) is 6.23. The summed E-state index contributed by atoms with van der Waals surface area (Å²) in [6.45, 7) is 2.93. The number of likely N-dealkylation sites (tertiary alicyclic amines) is 1. The van der Waals surface area contributed by atoms with E-state index in [1.807, 2.05) is 48.6 Å². The van der Waals surface area contributed by atoms with Gasteiger partial charge < -0.3 is 5.11 Å². The van der Waals surface area contributed by atoms with Gasteiger partial charge in [0.15, 0.2) is 5.78 Å². The molecule has 1 saturated carbocycles. The fourth-order valence-electron chi connectivity index (χ4n) is 4.32. The summed E-state index contributed by atoms with van der Waals surface area (Å²) in [5.41, 5.74) is 4.61. The van der Waals surface area contributed by atoms with Crippen molar-refractivity contribution in [2.24, 2.45) is 0 Å². The lowest BCUT2D eigenvalue weighted by Gasteiger charge is -2.26. The fraction of sp³-hybridized carbons (Fsp3) is 0.346. The highest BCUT2D eigenvalue weighted by molar-refractivity contribution is 6.30. The van der Waals surface area contributed by atoms with Crippen molar-refractivity contribution >= 4 is 29.5 Å². The van der Waals surface area contributed by atoms with Crippen LogP contribution in [0.25, 0.3) is 12.2 Å². The molecule has 4 rings (SSSR count). The van der Waals surface area contributed by atoms with Crippen LogP contribution in [0.2, 0.25) is 5.02 Å². The van der Waals surface area contributed by atoms with Crippen LogP contribution in [0, 0.1) is 0 Å². The van der Waals surface area contributed by atoms with Gasteiger partial charge in [-0.2, -0.15) is 0 Å². The minimum Gasteiger partial charge on any atom is -0.508 e. The van der Waals surface area contributed by atoms with E-state index in [4.69, 9.17) is 11.6 Å². The molecular weight excluding hydrogens is 394 g/mol. The lowest BCUT2D eigenvalue weighted by atomic mass is 9.86. The second-order valence-electron chi connectivity index (χ2n) is 8.30. The highest BCUT2D eigenvalue weighted by atomic mass is 35.5. The number of piperidine rings is 1. The standard InChI is InChI=1S/C26H28ClNO2/c27-24-10-7-19(8-11-24)15-21-5-4-6-22(26(21)30)16-20-9-12-25(29)23(17-20)18-28-13-2-1-3-14-28/h7-12,15-17,29H,1-6,13-14,18H2/b21-15-,22-16-. The largest absolute Gasteiger partial charge is 0.508 e. The molecule has 0 amide bonds. The summed E-state index contributed by atoms with van der Waals surface area (Å²) in [5, 5.41) is 11.0. The SMILES string of the molecule is O=C1/C(=C\c2ccc(Cl)cc2)CCC/C1=C/c1ccc(O)c(CN2CCCCC2)c1. The lowest BCUT2D eigenvalue weighted by Crippen LogP contribution is -2.29. The molecule has 1 aliphatic carbocycles. The van der Waals surface area contributed by atoms with Gasteiger partial charge in [0.05, 0.1) is 0 Å². The summed E-state index contributed by atoms with van der Waals surface area (Å²) in [7, 11) is 0. The van der Waals surface area contributed by atoms with Gasteiger partial charge >= 0.3 is 0 Å². The van der Waals surface area contributed by atoms with Crippen LogP contribution in [0.4, 0.5) is 0 Å². The van der Waals surface area contributed by atoms with E-state index >= 15 is 0 Å². The number of Topliss-reactive ketones (excluding diaryl/α,β-unsaturated/α-hetero) is 1. The van der Waals surface area contributed by atoms with Crippen molar-refractivity contribution in [3.05, 3.63) is 75.3 Å². The topological polar surface area (TPSA) is 40.5 Å². The Hall–Kier alpha value is -2.36. The number of allylic oxidation sites excluding steroid dienone is 2. The van der Waals surface area contributed by atoms with Gasteiger partial charge in [-0.25, -0.2) is 0 Å². The Morgan fingerprint density at radius 2 is 1.50 bits per heavy atom. The molecule has 156 valence electrons. The number of halogens is 1. The lowest BCUT2D eigenvalue weighted by molar-refractivity contribution is -0.112. The van der Waals surface area contributed by atoms with Crippen molar-refractivity contribution < 1.29 is 9.90 Å². The van der Waals surface area contributed by atoms with Gasteiger partial charge in [0, 0.05) is 28.3 Å². The molecule has 2 aromatic carbocycles. The molecule has 4 heteroatoms. The van der Waals surface area contributed by atoms with Crippen molar-refractivity contribution in [3.63, 3.8) is 0 Å². The van der Waals surface area contributed by atoms with Crippen molar-refractivity contribution in [1.82, 2.24) is 4.90 Å². The van der Waals surface area contributed by atoms with E-state index < -0.39 is 0 Å². The maximum Gasteiger partial charge on any atom is 0.185 e. The van der Waals surface area contributed by atoms with Gasteiger partial charge in [-0.05, 0) is 92.7 Å². The molecule has 0 atom stereocenters. The zero-order chi connectivity index (χ0) is 20.9. The van der Waals surface area contributed by atoms with Crippen molar-refractivity contribution in [3.8, 4) is 5.75 Å². The van der Waals surface area contributed by atoms with Crippen LogP contribution in [0.15, 0.2) is 53.6 Å². The van der Waals surface area contributed by atoms with Gasteiger partial charge in [-0.1, -0.05) is 36.2 Å². The van der Waals surface area contributed by atoms with Crippen molar-refractivity contribution in [2.75, 3.05) is 13.1 Å². The molecule has 0 radical (unpaired) electrons. The Bertz CT molecular complexity index is 969. The van der Waals surface area contributed by atoms with E-state index in [1.165, 1.54) is 19.3 Å². The molecule has 1 heterocycles. The summed E-state index contributed by atoms with van der Waals surface area (Å²) < 4.78 is 0. The van der Waals surface area contributed by atoms with Crippen LogP contribution in [-0.2, 0) is 11.3 Å². The average molecular weight is 422 g/mol. The number of benzene rings is 2. The molecule has 2 fully saturated rings.